The van der Waals surface area contributed by atoms with Crippen molar-refractivity contribution in [3.05, 3.63) is 10.2 Å². The van der Waals surface area contributed by atoms with E-state index in [0.717, 1.165) is 16.6 Å². The van der Waals surface area contributed by atoms with E-state index in [9.17, 15) is 0 Å². The molecule has 0 amide bonds. The lowest BCUT2D eigenvalue weighted by atomic mass is 10.2. The summed E-state index contributed by atoms with van der Waals surface area (Å²) in [5, 5.41) is 4.23. The fourth-order valence-corrected chi connectivity index (χ4v) is 1.38. The fourth-order valence-electron chi connectivity index (χ4n) is 1.12. The van der Waals surface area contributed by atoms with Crippen LogP contribution in [0.5, 0.6) is 0 Å². The third-order valence-corrected chi connectivity index (χ3v) is 3.09. The lowest BCUT2D eigenvalue weighted by Crippen LogP contribution is -2.07. The van der Waals surface area contributed by atoms with Crippen molar-refractivity contribution >= 4 is 21.7 Å². The molecule has 0 bridgehead atoms. The van der Waals surface area contributed by atoms with Crippen LogP contribution in [0.4, 0.5) is 5.82 Å². The summed E-state index contributed by atoms with van der Waals surface area (Å²) in [7, 11) is 0. The summed E-state index contributed by atoms with van der Waals surface area (Å²) in [6.45, 7) is 6.28. The van der Waals surface area contributed by atoms with E-state index >= 15 is 0 Å². The zero-order valence-corrected chi connectivity index (χ0v) is 9.22. The molecule has 0 aliphatic carbocycles. The van der Waals surface area contributed by atoms with Gasteiger partial charge >= 0.3 is 0 Å². The van der Waals surface area contributed by atoms with Crippen LogP contribution in [0.25, 0.3) is 0 Å². The number of nitrogen functional groups attached to an aromatic ring is 1. The van der Waals surface area contributed by atoms with Gasteiger partial charge in [-0.05, 0) is 36.2 Å². The van der Waals surface area contributed by atoms with Crippen LogP contribution in [0, 0.1) is 6.92 Å². The Balaban J connectivity index is 3.08. The van der Waals surface area contributed by atoms with Gasteiger partial charge in [0.15, 0.2) is 5.82 Å². The first-order valence-electron chi connectivity index (χ1n) is 4.08. The summed E-state index contributed by atoms with van der Waals surface area (Å²) in [6, 6.07) is 0.415. The van der Waals surface area contributed by atoms with Crippen molar-refractivity contribution in [2.45, 2.75) is 33.2 Å². The maximum absolute atomic E-state index is 5.66. The van der Waals surface area contributed by atoms with E-state index < -0.39 is 0 Å². The van der Waals surface area contributed by atoms with Gasteiger partial charge in [0.2, 0.25) is 0 Å². The van der Waals surface area contributed by atoms with Crippen LogP contribution in [0.15, 0.2) is 4.47 Å². The number of hydrogen-bond donors (Lipinski definition) is 1. The van der Waals surface area contributed by atoms with Crippen LogP contribution in [-0.2, 0) is 0 Å². The van der Waals surface area contributed by atoms with Crippen molar-refractivity contribution in [3.63, 3.8) is 0 Å². The third kappa shape index (κ3) is 1.48. The molecule has 1 rings (SSSR count). The predicted octanol–water partition coefficient (Wildman–Crippen LogP) is 2.51. The minimum absolute atomic E-state index is 0.415. The Kier molecular flexibility index (Phi) is 2.77. The standard InChI is InChI=1S/C8H14BrN3/c1-4-5(2)12-6(3)7(9)8(10)11-12/h5H,4H2,1-3H3,(H2,10,11). The van der Waals surface area contributed by atoms with E-state index in [1.807, 2.05) is 11.6 Å². The molecule has 1 atom stereocenters. The molecule has 0 spiro atoms. The minimum atomic E-state index is 0.415. The Bertz CT molecular complexity index is 280. The van der Waals surface area contributed by atoms with Crippen molar-refractivity contribution in [1.82, 2.24) is 9.78 Å². The summed E-state index contributed by atoms with van der Waals surface area (Å²) in [4.78, 5) is 0. The number of rotatable bonds is 2. The normalized spacial score (nSPS) is 13.3. The van der Waals surface area contributed by atoms with E-state index in [-0.39, 0.29) is 0 Å². The fraction of sp³-hybridized carbons (Fsp3) is 0.625. The summed E-state index contributed by atoms with van der Waals surface area (Å²) in [5.74, 6) is 0.577. The molecular weight excluding hydrogens is 218 g/mol. The van der Waals surface area contributed by atoms with E-state index in [2.05, 4.69) is 34.9 Å². The molecular formula is C8H14BrN3. The lowest BCUT2D eigenvalue weighted by Gasteiger charge is -2.10. The van der Waals surface area contributed by atoms with Crippen LogP contribution < -0.4 is 5.73 Å². The van der Waals surface area contributed by atoms with Gasteiger partial charge in [-0.3, -0.25) is 4.68 Å². The molecule has 0 aromatic carbocycles. The highest BCUT2D eigenvalue weighted by Gasteiger charge is 2.12. The largest absolute Gasteiger partial charge is 0.381 e. The number of hydrogen-bond acceptors (Lipinski definition) is 2. The Morgan fingerprint density at radius 2 is 2.25 bits per heavy atom. The lowest BCUT2D eigenvalue weighted by molar-refractivity contribution is 0.468. The van der Waals surface area contributed by atoms with E-state index in [4.69, 9.17) is 5.73 Å². The van der Waals surface area contributed by atoms with Crippen LogP contribution in [0.1, 0.15) is 32.0 Å². The van der Waals surface area contributed by atoms with Crippen molar-refractivity contribution in [3.8, 4) is 0 Å². The smallest absolute Gasteiger partial charge is 0.160 e. The summed E-state index contributed by atoms with van der Waals surface area (Å²) < 4.78 is 2.88. The Morgan fingerprint density at radius 1 is 1.67 bits per heavy atom. The first-order valence-corrected chi connectivity index (χ1v) is 4.87. The van der Waals surface area contributed by atoms with E-state index in [0.29, 0.717) is 11.9 Å². The number of halogens is 1. The average molecular weight is 232 g/mol. The molecule has 1 aromatic heterocycles. The van der Waals surface area contributed by atoms with Crippen LogP contribution >= 0.6 is 15.9 Å². The molecule has 12 heavy (non-hydrogen) atoms. The molecule has 0 aliphatic rings. The summed E-state index contributed by atoms with van der Waals surface area (Å²) in [6.07, 6.45) is 1.06. The zero-order valence-electron chi connectivity index (χ0n) is 7.63. The van der Waals surface area contributed by atoms with Crippen LogP contribution in [-0.4, -0.2) is 9.78 Å². The van der Waals surface area contributed by atoms with Crippen molar-refractivity contribution < 1.29 is 0 Å². The molecule has 0 fully saturated rings. The van der Waals surface area contributed by atoms with E-state index in [1.54, 1.807) is 0 Å². The van der Waals surface area contributed by atoms with Crippen LogP contribution in [0.3, 0.4) is 0 Å². The molecule has 2 N–H and O–H groups in total. The molecule has 0 saturated heterocycles. The molecule has 1 heterocycles. The van der Waals surface area contributed by atoms with Gasteiger partial charge in [-0.15, -0.1) is 0 Å². The summed E-state index contributed by atoms with van der Waals surface area (Å²) in [5.41, 5.74) is 6.75. The highest BCUT2D eigenvalue weighted by atomic mass is 79.9. The van der Waals surface area contributed by atoms with Gasteiger partial charge in [0.25, 0.3) is 0 Å². The van der Waals surface area contributed by atoms with Crippen molar-refractivity contribution in [1.29, 1.82) is 0 Å². The molecule has 4 heteroatoms. The van der Waals surface area contributed by atoms with Crippen LogP contribution in [0.2, 0.25) is 0 Å². The van der Waals surface area contributed by atoms with Gasteiger partial charge in [-0.1, -0.05) is 6.92 Å². The Labute approximate surface area is 81.1 Å². The minimum Gasteiger partial charge on any atom is -0.381 e. The highest BCUT2D eigenvalue weighted by Crippen LogP contribution is 2.25. The van der Waals surface area contributed by atoms with E-state index in [1.165, 1.54) is 0 Å². The van der Waals surface area contributed by atoms with Gasteiger partial charge in [-0.2, -0.15) is 5.10 Å². The molecule has 0 radical (unpaired) electrons. The Hall–Kier alpha value is -0.510. The Morgan fingerprint density at radius 3 is 2.58 bits per heavy atom. The number of anilines is 1. The molecule has 1 unspecified atom stereocenters. The van der Waals surface area contributed by atoms with Gasteiger partial charge in [0.05, 0.1) is 10.2 Å². The molecule has 0 saturated carbocycles. The third-order valence-electron chi connectivity index (χ3n) is 2.11. The number of nitrogens with two attached hydrogens (primary N) is 1. The van der Waals surface area contributed by atoms with Crippen molar-refractivity contribution in [2.24, 2.45) is 0 Å². The topological polar surface area (TPSA) is 43.8 Å². The molecule has 1 aromatic rings. The second-order valence-corrected chi connectivity index (χ2v) is 3.78. The number of aromatic nitrogens is 2. The average Bonchev–Trinajstić information content (AvgIpc) is 2.32. The zero-order chi connectivity index (χ0) is 9.30. The SMILES string of the molecule is CCC(C)n1nc(N)c(Br)c1C. The van der Waals surface area contributed by atoms with Gasteiger partial charge < -0.3 is 5.73 Å². The second kappa shape index (κ2) is 3.47. The predicted molar refractivity (Wildman–Crippen MR) is 54.1 cm³/mol. The molecule has 68 valence electrons. The van der Waals surface area contributed by atoms with Crippen molar-refractivity contribution in [2.75, 3.05) is 5.73 Å². The maximum Gasteiger partial charge on any atom is 0.160 e. The molecule has 3 nitrogen and oxygen atoms in total. The first kappa shape index (κ1) is 9.58. The first-order chi connectivity index (χ1) is 5.57. The maximum atomic E-state index is 5.66. The molecule has 0 aliphatic heterocycles. The second-order valence-electron chi connectivity index (χ2n) is 2.99. The quantitative estimate of drug-likeness (QED) is 0.851. The number of nitrogens with zero attached hydrogens (tertiary/aromatic N) is 2. The highest BCUT2D eigenvalue weighted by molar-refractivity contribution is 9.10. The summed E-state index contributed by atoms with van der Waals surface area (Å²) >= 11 is 3.39. The van der Waals surface area contributed by atoms with Gasteiger partial charge in [0, 0.05) is 6.04 Å². The van der Waals surface area contributed by atoms with Gasteiger partial charge in [0.1, 0.15) is 0 Å². The monoisotopic (exact) mass is 231 g/mol. The van der Waals surface area contributed by atoms with Gasteiger partial charge in [-0.25, -0.2) is 0 Å².